The van der Waals surface area contributed by atoms with E-state index in [4.69, 9.17) is 4.74 Å². The van der Waals surface area contributed by atoms with Gasteiger partial charge in [-0.25, -0.2) is 8.42 Å². The van der Waals surface area contributed by atoms with E-state index in [0.717, 1.165) is 11.6 Å². The number of carbonyl (C=O) groups is 1. The molecule has 0 spiro atoms. The van der Waals surface area contributed by atoms with E-state index < -0.39 is 14.9 Å². The van der Waals surface area contributed by atoms with Crippen LogP contribution in [0.25, 0.3) is 0 Å². The molecule has 12 heteroatoms. The molecule has 1 amide bonds. The lowest BCUT2D eigenvalue weighted by Crippen LogP contribution is -2.41. The van der Waals surface area contributed by atoms with Crippen LogP contribution in [-0.2, 0) is 26.1 Å². The average Bonchev–Trinajstić information content (AvgIpc) is 2.88. The summed E-state index contributed by atoms with van der Waals surface area (Å²) in [6.45, 7) is 2.34. The molecular weight excluding hydrogens is 462 g/mol. The molecule has 0 unspecified atom stereocenters. The average molecular weight is 490 g/mol. The van der Waals surface area contributed by atoms with Crippen molar-refractivity contribution in [1.82, 2.24) is 14.6 Å². The number of amides is 1. The summed E-state index contributed by atoms with van der Waals surface area (Å²) >= 11 is 0. The minimum Gasteiger partial charge on any atom is -0.379 e. The Morgan fingerprint density at radius 2 is 1.91 bits per heavy atom. The number of anilines is 1. The zero-order valence-corrected chi connectivity index (χ0v) is 19.4. The Kier molecular flexibility index (Phi) is 7.39. The van der Waals surface area contributed by atoms with Crippen molar-refractivity contribution in [1.29, 1.82) is 0 Å². The largest absolute Gasteiger partial charge is 0.379 e. The zero-order valence-electron chi connectivity index (χ0n) is 18.6. The Morgan fingerprint density at radius 1 is 1.18 bits per heavy atom. The molecule has 182 valence electrons. The molecule has 2 aliphatic heterocycles. The maximum Gasteiger partial charge on any atom is 0.293 e. The lowest BCUT2D eigenvalue weighted by Gasteiger charge is -2.33. The summed E-state index contributed by atoms with van der Waals surface area (Å²) in [6, 6.07) is 7.74. The number of rotatable bonds is 7. The standard InChI is InChI=1S/C22H27N5O6S/c28-22(24-16-17-2-1-7-23-15-17)18-5-8-25(9-6-18)20-4-3-19(14-21(20)27(29)30)34(31,32)26-10-12-33-13-11-26/h1-4,7,14-15,18H,5-6,8-13,16H2,(H,24,28). The van der Waals surface area contributed by atoms with Crippen LogP contribution in [0, 0.1) is 16.0 Å². The molecule has 0 atom stereocenters. The van der Waals surface area contributed by atoms with E-state index in [1.165, 1.54) is 16.4 Å². The predicted octanol–water partition coefficient (Wildman–Crippen LogP) is 1.54. The smallest absolute Gasteiger partial charge is 0.293 e. The highest BCUT2D eigenvalue weighted by Gasteiger charge is 2.32. The number of carbonyl (C=O) groups excluding carboxylic acids is 1. The molecule has 1 aromatic carbocycles. The molecule has 0 saturated carbocycles. The number of sulfonamides is 1. The van der Waals surface area contributed by atoms with Crippen LogP contribution < -0.4 is 10.2 Å². The first kappa shape index (κ1) is 24.0. The van der Waals surface area contributed by atoms with Crippen LogP contribution in [0.3, 0.4) is 0 Å². The third-order valence-corrected chi connectivity index (χ3v) is 8.04. The number of hydrogen-bond donors (Lipinski definition) is 1. The molecule has 0 bridgehead atoms. The van der Waals surface area contributed by atoms with E-state index >= 15 is 0 Å². The van der Waals surface area contributed by atoms with E-state index in [-0.39, 0.29) is 35.5 Å². The number of nitro benzene ring substituents is 1. The summed E-state index contributed by atoms with van der Waals surface area (Å²) in [4.78, 5) is 29.6. The summed E-state index contributed by atoms with van der Waals surface area (Å²) in [5.74, 6) is -0.238. The first-order valence-corrected chi connectivity index (χ1v) is 12.6. The monoisotopic (exact) mass is 489 g/mol. The van der Waals surface area contributed by atoms with E-state index in [0.29, 0.717) is 51.4 Å². The van der Waals surface area contributed by atoms with Gasteiger partial charge >= 0.3 is 0 Å². The molecule has 0 radical (unpaired) electrons. The number of ether oxygens (including phenoxy) is 1. The normalized spacial score (nSPS) is 17.9. The molecule has 1 N–H and O–H groups in total. The van der Waals surface area contributed by atoms with Gasteiger partial charge in [0.25, 0.3) is 5.69 Å². The van der Waals surface area contributed by atoms with Crippen molar-refractivity contribution in [2.24, 2.45) is 5.92 Å². The highest BCUT2D eigenvalue weighted by atomic mass is 32.2. The highest BCUT2D eigenvalue weighted by molar-refractivity contribution is 7.89. The van der Waals surface area contributed by atoms with Crippen LogP contribution >= 0.6 is 0 Å². The molecule has 0 aliphatic carbocycles. The Hall–Kier alpha value is -3.09. The van der Waals surface area contributed by atoms with Crippen LogP contribution in [0.4, 0.5) is 11.4 Å². The van der Waals surface area contributed by atoms with Gasteiger partial charge in [-0.2, -0.15) is 4.31 Å². The van der Waals surface area contributed by atoms with E-state index in [1.54, 1.807) is 12.4 Å². The molecule has 4 rings (SSSR count). The summed E-state index contributed by atoms with van der Waals surface area (Å²) in [5.41, 5.74) is 1.02. The third-order valence-electron chi connectivity index (χ3n) is 6.15. The second kappa shape index (κ2) is 10.5. The number of pyridine rings is 1. The highest BCUT2D eigenvalue weighted by Crippen LogP contribution is 2.34. The number of nitrogens with zero attached hydrogens (tertiary/aromatic N) is 4. The van der Waals surface area contributed by atoms with Gasteiger partial charge in [0, 0.05) is 57.1 Å². The summed E-state index contributed by atoms with van der Waals surface area (Å²) in [6.07, 6.45) is 4.46. The zero-order chi connectivity index (χ0) is 24.1. The van der Waals surface area contributed by atoms with Crippen LogP contribution in [-0.4, -0.2) is 67.9 Å². The maximum absolute atomic E-state index is 12.9. The molecule has 34 heavy (non-hydrogen) atoms. The fourth-order valence-corrected chi connectivity index (χ4v) is 5.66. The number of hydrogen-bond acceptors (Lipinski definition) is 8. The first-order chi connectivity index (χ1) is 16.4. The molecule has 2 aliphatic rings. The molecule has 2 fully saturated rings. The number of piperidine rings is 1. The molecule has 11 nitrogen and oxygen atoms in total. The summed E-state index contributed by atoms with van der Waals surface area (Å²) < 4.78 is 32.3. The lowest BCUT2D eigenvalue weighted by molar-refractivity contribution is -0.384. The van der Waals surface area contributed by atoms with Crippen molar-refractivity contribution in [2.75, 3.05) is 44.3 Å². The number of aromatic nitrogens is 1. The van der Waals surface area contributed by atoms with E-state index in [2.05, 4.69) is 10.3 Å². The Balaban J connectivity index is 1.42. The predicted molar refractivity (Wildman–Crippen MR) is 124 cm³/mol. The van der Waals surface area contributed by atoms with Gasteiger partial charge in [-0.05, 0) is 36.6 Å². The number of benzene rings is 1. The van der Waals surface area contributed by atoms with Crippen molar-refractivity contribution in [3.63, 3.8) is 0 Å². The quantitative estimate of drug-likeness (QED) is 0.457. The van der Waals surface area contributed by atoms with Crippen molar-refractivity contribution in [3.8, 4) is 0 Å². The number of morpholine rings is 1. The molecule has 1 aromatic heterocycles. The molecule has 2 aromatic rings. The van der Waals surface area contributed by atoms with Gasteiger partial charge in [0.2, 0.25) is 15.9 Å². The van der Waals surface area contributed by atoms with Gasteiger partial charge in [0.05, 0.1) is 23.0 Å². The van der Waals surface area contributed by atoms with Crippen LogP contribution in [0.1, 0.15) is 18.4 Å². The van der Waals surface area contributed by atoms with Crippen molar-refractivity contribution in [2.45, 2.75) is 24.3 Å². The van der Waals surface area contributed by atoms with E-state index in [9.17, 15) is 23.3 Å². The van der Waals surface area contributed by atoms with E-state index in [1.807, 2.05) is 17.0 Å². The van der Waals surface area contributed by atoms with Crippen molar-refractivity contribution in [3.05, 3.63) is 58.4 Å². The summed E-state index contributed by atoms with van der Waals surface area (Å²) in [7, 11) is -3.84. The SMILES string of the molecule is O=C(NCc1cccnc1)C1CCN(c2ccc(S(=O)(=O)N3CCOCC3)cc2[N+](=O)[O-])CC1. The van der Waals surface area contributed by atoms with Crippen LogP contribution in [0.5, 0.6) is 0 Å². The minimum absolute atomic E-state index is 0.0510. The summed E-state index contributed by atoms with van der Waals surface area (Å²) in [5, 5.41) is 14.7. The van der Waals surface area contributed by atoms with Crippen molar-refractivity contribution < 1.29 is 22.9 Å². The molecule has 2 saturated heterocycles. The van der Waals surface area contributed by atoms with Gasteiger partial charge in [-0.3, -0.25) is 19.9 Å². The Bertz CT molecular complexity index is 1130. The fraction of sp³-hybridized carbons (Fsp3) is 0.455. The lowest BCUT2D eigenvalue weighted by atomic mass is 9.95. The fourth-order valence-electron chi connectivity index (χ4n) is 4.23. The third kappa shape index (κ3) is 5.34. The number of nitrogens with one attached hydrogen (secondary N) is 1. The van der Waals surface area contributed by atoms with Crippen molar-refractivity contribution >= 4 is 27.3 Å². The minimum atomic E-state index is -3.84. The molecule has 3 heterocycles. The van der Waals surface area contributed by atoms with Gasteiger partial charge < -0.3 is 15.0 Å². The Morgan fingerprint density at radius 3 is 2.56 bits per heavy atom. The van der Waals surface area contributed by atoms with Gasteiger partial charge in [0.1, 0.15) is 5.69 Å². The number of nitro groups is 1. The second-order valence-electron chi connectivity index (χ2n) is 8.26. The Labute approximate surface area is 197 Å². The second-order valence-corrected chi connectivity index (χ2v) is 10.2. The van der Waals surface area contributed by atoms with Gasteiger partial charge in [-0.1, -0.05) is 6.07 Å². The topological polar surface area (TPSA) is 135 Å². The van der Waals surface area contributed by atoms with Crippen LogP contribution in [0.2, 0.25) is 0 Å². The van der Waals surface area contributed by atoms with Crippen LogP contribution in [0.15, 0.2) is 47.6 Å². The molecular formula is C22H27N5O6S. The first-order valence-electron chi connectivity index (χ1n) is 11.1. The van der Waals surface area contributed by atoms with Gasteiger partial charge in [0.15, 0.2) is 0 Å². The van der Waals surface area contributed by atoms with Gasteiger partial charge in [-0.15, -0.1) is 0 Å². The maximum atomic E-state index is 12.9.